The maximum atomic E-state index is 14.1. The fraction of sp³-hybridized carbons (Fsp3) is 0.286. The van der Waals surface area contributed by atoms with Crippen LogP contribution in [-0.2, 0) is 0 Å². The number of anilines is 1. The van der Waals surface area contributed by atoms with Gasteiger partial charge in [0.1, 0.15) is 17.7 Å². The second-order valence-electron chi connectivity index (χ2n) is 6.79. The monoisotopic (exact) mass is 403 g/mol. The van der Waals surface area contributed by atoms with Gasteiger partial charge in [-0.1, -0.05) is 18.2 Å². The van der Waals surface area contributed by atoms with E-state index >= 15 is 0 Å². The Morgan fingerprint density at radius 2 is 1.83 bits per heavy atom. The van der Waals surface area contributed by atoms with E-state index in [4.69, 9.17) is 9.47 Å². The van der Waals surface area contributed by atoms with Gasteiger partial charge in [-0.05, 0) is 36.2 Å². The van der Waals surface area contributed by atoms with E-state index in [9.17, 15) is 13.2 Å². The molecule has 1 aromatic heterocycles. The zero-order valence-corrected chi connectivity index (χ0v) is 15.9. The number of benzene rings is 2. The number of nitrogens with one attached hydrogen (secondary N) is 1. The van der Waals surface area contributed by atoms with E-state index in [0.717, 1.165) is 5.56 Å². The summed E-state index contributed by atoms with van der Waals surface area (Å²) in [4.78, 5) is 0. The van der Waals surface area contributed by atoms with Crippen molar-refractivity contribution >= 4 is 5.82 Å². The van der Waals surface area contributed by atoms with Crippen LogP contribution in [0, 0.1) is 5.82 Å². The second-order valence-corrected chi connectivity index (χ2v) is 6.79. The number of rotatable bonds is 5. The largest absolute Gasteiger partial charge is 0.493 e. The molecule has 0 amide bonds. The molecule has 5 nitrogen and oxygen atoms in total. The Hall–Kier alpha value is -3.16. The highest BCUT2D eigenvalue weighted by Gasteiger charge is 2.35. The van der Waals surface area contributed by atoms with Gasteiger partial charge in [0, 0.05) is 11.6 Å². The van der Waals surface area contributed by atoms with Gasteiger partial charge in [-0.2, -0.15) is 5.10 Å². The molecule has 152 valence electrons. The van der Waals surface area contributed by atoms with Gasteiger partial charge in [0.2, 0.25) is 0 Å². The molecule has 2 aromatic carbocycles. The molecular weight excluding hydrogens is 383 g/mol. The van der Waals surface area contributed by atoms with Crippen LogP contribution in [0.25, 0.3) is 11.3 Å². The summed E-state index contributed by atoms with van der Waals surface area (Å²) in [5, 5.41) is 7.51. The van der Waals surface area contributed by atoms with E-state index in [1.54, 1.807) is 36.4 Å². The van der Waals surface area contributed by atoms with Gasteiger partial charge < -0.3 is 14.8 Å². The van der Waals surface area contributed by atoms with Gasteiger partial charge in [-0.15, -0.1) is 0 Å². The van der Waals surface area contributed by atoms with Crippen molar-refractivity contribution in [3.8, 4) is 22.8 Å². The summed E-state index contributed by atoms with van der Waals surface area (Å²) in [5.74, 6) is 1.04. The Kier molecular flexibility index (Phi) is 5.08. The molecule has 2 atom stereocenters. The van der Waals surface area contributed by atoms with E-state index in [1.165, 1.54) is 25.0 Å². The lowest BCUT2D eigenvalue weighted by Gasteiger charge is -2.32. The third-order valence-electron chi connectivity index (χ3n) is 5.10. The smallest absolute Gasteiger partial charge is 0.260 e. The summed E-state index contributed by atoms with van der Waals surface area (Å²) in [5.41, 5.74) is 1.37. The zero-order valence-electron chi connectivity index (χ0n) is 15.9. The number of alkyl halides is 2. The van der Waals surface area contributed by atoms with Crippen molar-refractivity contribution in [1.82, 2.24) is 9.78 Å². The summed E-state index contributed by atoms with van der Waals surface area (Å²) < 4.78 is 53.6. The van der Waals surface area contributed by atoms with Crippen LogP contribution in [0.1, 0.15) is 24.1 Å². The minimum absolute atomic E-state index is 0.124. The number of methoxy groups -OCH3 is 2. The molecule has 0 saturated heterocycles. The Bertz CT molecular complexity index is 1020. The number of nitrogens with zero attached hydrogens (tertiary/aromatic N) is 2. The van der Waals surface area contributed by atoms with E-state index in [0.29, 0.717) is 23.0 Å². The number of aromatic nitrogens is 2. The third kappa shape index (κ3) is 3.50. The normalized spacial score (nSPS) is 18.3. The molecule has 1 aliphatic heterocycles. The minimum atomic E-state index is -2.62. The molecule has 1 N–H and O–H groups in total. The highest BCUT2D eigenvalue weighted by atomic mass is 19.3. The Morgan fingerprint density at radius 1 is 1.07 bits per heavy atom. The number of hydrogen-bond donors (Lipinski definition) is 1. The summed E-state index contributed by atoms with van der Waals surface area (Å²) in [6.45, 7) is 0. The van der Waals surface area contributed by atoms with Crippen LogP contribution in [-0.4, -0.2) is 30.4 Å². The quantitative estimate of drug-likeness (QED) is 0.646. The zero-order chi connectivity index (χ0) is 20.5. The molecular formula is C21H20F3N3O2. The van der Waals surface area contributed by atoms with Crippen molar-refractivity contribution in [2.75, 3.05) is 19.5 Å². The summed E-state index contributed by atoms with van der Waals surface area (Å²) in [6.07, 6.45) is -2.50. The van der Waals surface area contributed by atoms with Crippen LogP contribution in [0.4, 0.5) is 19.0 Å². The minimum Gasteiger partial charge on any atom is -0.493 e. The molecule has 0 radical (unpaired) electrons. The summed E-state index contributed by atoms with van der Waals surface area (Å²) >= 11 is 0. The van der Waals surface area contributed by atoms with E-state index in [-0.39, 0.29) is 18.0 Å². The molecule has 0 bridgehead atoms. The van der Waals surface area contributed by atoms with Gasteiger partial charge in [-0.25, -0.2) is 17.9 Å². The fourth-order valence-electron chi connectivity index (χ4n) is 3.63. The average molecular weight is 403 g/mol. The average Bonchev–Trinajstić information content (AvgIpc) is 3.16. The van der Waals surface area contributed by atoms with Crippen LogP contribution >= 0.6 is 0 Å². The second kappa shape index (κ2) is 7.69. The standard InChI is InChI=1S/C21H20F3N3O2/c1-28-18-8-7-12(9-19(18)29-2)15-10-17(21(23)24)27-20(25-15)11-16(26-27)13-5-3-4-6-14(13)22/h3-9,11,15,17,21,25H,10H2,1-2H3. The van der Waals surface area contributed by atoms with Crippen LogP contribution < -0.4 is 14.8 Å². The van der Waals surface area contributed by atoms with Crippen molar-refractivity contribution in [3.05, 3.63) is 59.9 Å². The van der Waals surface area contributed by atoms with Gasteiger partial charge in [0.05, 0.1) is 26.0 Å². The molecule has 2 heterocycles. The molecule has 29 heavy (non-hydrogen) atoms. The van der Waals surface area contributed by atoms with Crippen LogP contribution in [0.2, 0.25) is 0 Å². The van der Waals surface area contributed by atoms with Crippen molar-refractivity contribution in [2.24, 2.45) is 0 Å². The molecule has 0 fully saturated rings. The molecule has 4 rings (SSSR count). The third-order valence-corrected chi connectivity index (χ3v) is 5.10. The highest BCUT2D eigenvalue weighted by Crippen LogP contribution is 2.41. The molecule has 0 saturated carbocycles. The van der Waals surface area contributed by atoms with Gasteiger partial charge in [0.15, 0.2) is 11.5 Å². The van der Waals surface area contributed by atoms with E-state index < -0.39 is 18.3 Å². The first-order chi connectivity index (χ1) is 14.0. The first-order valence-electron chi connectivity index (χ1n) is 9.13. The molecule has 0 aliphatic carbocycles. The lowest BCUT2D eigenvalue weighted by Crippen LogP contribution is -2.30. The van der Waals surface area contributed by atoms with Gasteiger partial charge in [-0.3, -0.25) is 0 Å². The number of fused-ring (bicyclic) bond motifs is 1. The van der Waals surface area contributed by atoms with Crippen molar-refractivity contribution in [3.63, 3.8) is 0 Å². The molecule has 3 aromatic rings. The van der Waals surface area contributed by atoms with Gasteiger partial charge in [0.25, 0.3) is 6.43 Å². The van der Waals surface area contributed by atoms with Crippen LogP contribution in [0.15, 0.2) is 48.5 Å². The number of hydrogen-bond acceptors (Lipinski definition) is 4. The highest BCUT2D eigenvalue weighted by molar-refractivity contribution is 5.64. The topological polar surface area (TPSA) is 48.3 Å². The van der Waals surface area contributed by atoms with E-state index in [1.807, 2.05) is 6.07 Å². The number of halogens is 3. The SMILES string of the molecule is COc1ccc(C2CC(C(F)F)n3nc(-c4ccccc4F)cc3N2)cc1OC. The van der Waals surface area contributed by atoms with Crippen LogP contribution in [0.3, 0.4) is 0 Å². The molecule has 8 heteroatoms. The molecule has 1 aliphatic rings. The summed E-state index contributed by atoms with van der Waals surface area (Å²) in [6, 6.07) is 11.5. The summed E-state index contributed by atoms with van der Waals surface area (Å²) in [7, 11) is 3.06. The number of ether oxygens (including phenoxy) is 2. The fourth-order valence-corrected chi connectivity index (χ4v) is 3.63. The lowest BCUT2D eigenvalue weighted by atomic mass is 9.97. The van der Waals surface area contributed by atoms with Crippen molar-refractivity contribution < 1.29 is 22.6 Å². The predicted octanol–water partition coefficient (Wildman–Crippen LogP) is 5.07. The molecule has 2 unspecified atom stereocenters. The van der Waals surface area contributed by atoms with Crippen LogP contribution in [0.5, 0.6) is 11.5 Å². The lowest BCUT2D eigenvalue weighted by molar-refractivity contribution is 0.0659. The first-order valence-corrected chi connectivity index (χ1v) is 9.13. The predicted molar refractivity (Wildman–Crippen MR) is 103 cm³/mol. The Balaban J connectivity index is 1.72. The Labute approximate surface area is 166 Å². The van der Waals surface area contributed by atoms with Crippen molar-refractivity contribution in [1.29, 1.82) is 0 Å². The van der Waals surface area contributed by atoms with E-state index in [2.05, 4.69) is 10.4 Å². The maximum absolute atomic E-state index is 14.1. The molecule has 0 spiro atoms. The Morgan fingerprint density at radius 3 is 2.52 bits per heavy atom. The van der Waals surface area contributed by atoms with Crippen molar-refractivity contribution in [2.45, 2.75) is 24.9 Å². The van der Waals surface area contributed by atoms with Gasteiger partial charge >= 0.3 is 0 Å². The first kappa shape index (κ1) is 19.2. The maximum Gasteiger partial charge on any atom is 0.260 e.